The van der Waals surface area contributed by atoms with Gasteiger partial charge in [-0.05, 0) is 43.5 Å². The quantitative estimate of drug-likeness (QED) is 0.699. The number of likely N-dealkylation sites (N-methyl/N-ethyl adjacent to an activating group) is 1. The van der Waals surface area contributed by atoms with Crippen molar-refractivity contribution >= 4 is 5.91 Å². The van der Waals surface area contributed by atoms with Gasteiger partial charge in [-0.2, -0.15) is 0 Å². The summed E-state index contributed by atoms with van der Waals surface area (Å²) in [4.78, 5) is 14.3. The van der Waals surface area contributed by atoms with Gasteiger partial charge < -0.3 is 20.5 Å². The second-order valence-electron chi connectivity index (χ2n) is 7.31. The van der Waals surface area contributed by atoms with Crippen LogP contribution in [0.1, 0.15) is 32.3 Å². The molecule has 1 atom stereocenters. The van der Waals surface area contributed by atoms with Crippen LogP contribution in [-0.4, -0.2) is 56.3 Å². The van der Waals surface area contributed by atoms with E-state index in [0.717, 1.165) is 43.9 Å². The van der Waals surface area contributed by atoms with E-state index in [-0.39, 0.29) is 11.8 Å². The first-order valence-corrected chi connectivity index (χ1v) is 9.50. The van der Waals surface area contributed by atoms with Crippen molar-refractivity contribution in [2.45, 2.75) is 45.3 Å². The van der Waals surface area contributed by atoms with Gasteiger partial charge in [0.25, 0.3) is 0 Å². The van der Waals surface area contributed by atoms with E-state index in [0.29, 0.717) is 19.2 Å². The van der Waals surface area contributed by atoms with Crippen LogP contribution in [0.3, 0.4) is 0 Å². The molecule has 0 aromatic heterocycles. The highest BCUT2D eigenvalue weighted by atomic mass is 16.5. The maximum atomic E-state index is 12.0. The third-order valence-electron chi connectivity index (χ3n) is 4.91. The van der Waals surface area contributed by atoms with Crippen molar-refractivity contribution in [3.8, 4) is 5.75 Å². The van der Waals surface area contributed by atoms with Gasteiger partial charge in [0, 0.05) is 32.3 Å². The number of amides is 1. The summed E-state index contributed by atoms with van der Waals surface area (Å²) in [5.74, 6) is 0.826. The molecule has 2 rings (SSSR count). The van der Waals surface area contributed by atoms with Gasteiger partial charge in [0.1, 0.15) is 12.4 Å². The molecule has 0 bridgehead atoms. The Morgan fingerprint density at radius 2 is 2.12 bits per heavy atom. The summed E-state index contributed by atoms with van der Waals surface area (Å²) in [6.45, 7) is 7.57. The van der Waals surface area contributed by atoms with Crippen LogP contribution in [0.15, 0.2) is 24.3 Å². The SMILES string of the molecule is CC(C)[C@H](N)C(=O)NCc1cccc(OCCN(C)C2CCOCC2)c1. The normalized spacial score (nSPS) is 16.7. The molecule has 0 aliphatic carbocycles. The van der Waals surface area contributed by atoms with E-state index < -0.39 is 6.04 Å². The summed E-state index contributed by atoms with van der Waals surface area (Å²) >= 11 is 0. The second kappa shape index (κ2) is 10.5. The smallest absolute Gasteiger partial charge is 0.237 e. The number of carbonyl (C=O) groups is 1. The number of nitrogens with two attached hydrogens (primary N) is 1. The predicted octanol–water partition coefficient (Wildman–Crippen LogP) is 1.78. The Kier molecular flexibility index (Phi) is 8.35. The molecule has 1 aromatic carbocycles. The third-order valence-corrected chi connectivity index (χ3v) is 4.91. The Labute approximate surface area is 157 Å². The van der Waals surface area contributed by atoms with Crippen LogP contribution in [0, 0.1) is 5.92 Å². The number of nitrogens with zero attached hydrogens (tertiary/aromatic N) is 1. The van der Waals surface area contributed by atoms with E-state index in [9.17, 15) is 4.79 Å². The summed E-state index contributed by atoms with van der Waals surface area (Å²) < 4.78 is 11.3. The molecule has 3 N–H and O–H groups in total. The van der Waals surface area contributed by atoms with Crippen LogP contribution in [-0.2, 0) is 16.1 Å². The first-order chi connectivity index (χ1) is 12.5. The maximum Gasteiger partial charge on any atom is 0.237 e. The Morgan fingerprint density at radius 1 is 1.38 bits per heavy atom. The molecular weight excluding hydrogens is 330 g/mol. The minimum atomic E-state index is -0.477. The minimum Gasteiger partial charge on any atom is -0.492 e. The molecular formula is C20H33N3O3. The summed E-state index contributed by atoms with van der Waals surface area (Å²) in [7, 11) is 2.14. The van der Waals surface area contributed by atoms with Crippen molar-refractivity contribution in [1.82, 2.24) is 10.2 Å². The van der Waals surface area contributed by atoms with Gasteiger partial charge in [-0.3, -0.25) is 9.69 Å². The molecule has 146 valence electrons. The molecule has 26 heavy (non-hydrogen) atoms. The van der Waals surface area contributed by atoms with E-state index in [1.165, 1.54) is 0 Å². The zero-order chi connectivity index (χ0) is 18.9. The number of rotatable bonds is 9. The highest BCUT2D eigenvalue weighted by Crippen LogP contribution is 2.15. The summed E-state index contributed by atoms with van der Waals surface area (Å²) in [5.41, 5.74) is 6.86. The minimum absolute atomic E-state index is 0.121. The van der Waals surface area contributed by atoms with Crippen LogP contribution in [0.2, 0.25) is 0 Å². The number of nitrogens with one attached hydrogen (secondary N) is 1. The highest BCUT2D eigenvalue weighted by Gasteiger charge is 2.18. The Hall–Kier alpha value is -1.63. The molecule has 6 nitrogen and oxygen atoms in total. The molecule has 1 amide bonds. The topological polar surface area (TPSA) is 76.8 Å². The molecule has 1 saturated heterocycles. The summed E-state index contributed by atoms with van der Waals surface area (Å²) in [6, 6.07) is 7.94. The average Bonchev–Trinajstić information content (AvgIpc) is 2.66. The highest BCUT2D eigenvalue weighted by molar-refractivity contribution is 5.81. The maximum absolute atomic E-state index is 12.0. The number of ether oxygens (including phenoxy) is 2. The molecule has 1 fully saturated rings. The molecule has 0 saturated carbocycles. The van der Waals surface area contributed by atoms with Gasteiger partial charge in [-0.15, -0.1) is 0 Å². The largest absolute Gasteiger partial charge is 0.492 e. The lowest BCUT2D eigenvalue weighted by molar-refractivity contribution is -0.123. The molecule has 0 spiro atoms. The molecule has 0 unspecified atom stereocenters. The lowest BCUT2D eigenvalue weighted by atomic mass is 10.0. The van der Waals surface area contributed by atoms with Crippen molar-refractivity contribution in [2.24, 2.45) is 11.7 Å². The standard InChI is InChI=1S/C20H33N3O3/c1-15(2)19(21)20(24)22-14-16-5-4-6-18(13-16)26-12-9-23(3)17-7-10-25-11-8-17/h4-6,13,15,17,19H,7-12,14,21H2,1-3H3,(H,22,24)/t19-/m0/s1. The fourth-order valence-electron chi connectivity index (χ4n) is 2.97. The Balaban J connectivity index is 1.75. The van der Waals surface area contributed by atoms with Crippen LogP contribution < -0.4 is 15.8 Å². The van der Waals surface area contributed by atoms with E-state index >= 15 is 0 Å². The van der Waals surface area contributed by atoms with Gasteiger partial charge in [-0.1, -0.05) is 26.0 Å². The molecule has 1 aliphatic heterocycles. The van der Waals surface area contributed by atoms with Crippen molar-refractivity contribution in [1.29, 1.82) is 0 Å². The molecule has 6 heteroatoms. The van der Waals surface area contributed by atoms with Crippen LogP contribution >= 0.6 is 0 Å². The van der Waals surface area contributed by atoms with Gasteiger partial charge >= 0.3 is 0 Å². The number of benzene rings is 1. The van der Waals surface area contributed by atoms with Gasteiger partial charge in [0.15, 0.2) is 0 Å². The summed E-state index contributed by atoms with van der Waals surface area (Å²) in [6.07, 6.45) is 2.17. The van der Waals surface area contributed by atoms with E-state index in [1.807, 2.05) is 38.1 Å². The second-order valence-corrected chi connectivity index (χ2v) is 7.31. The zero-order valence-electron chi connectivity index (χ0n) is 16.2. The van der Waals surface area contributed by atoms with E-state index in [2.05, 4.69) is 17.3 Å². The van der Waals surface area contributed by atoms with Crippen LogP contribution in [0.25, 0.3) is 0 Å². The Morgan fingerprint density at radius 3 is 2.81 bits per heavy atom. The van der Waals surface area contributed by atoms with Crippen LogP contribution in [0.4, 0.5) is 0 Å². The summed E-state index contributed by atoms with van der Waals surface area (Å²) in [5, 5.41) is 2.89. The number of hydrogen-bond acceptors (Lipinski definition) is 5. The van der Waals surface area contributed by atoms with E-state index in [1.54, 1.807) is 0 Å². The molecule has 1 aliphatic rings. The third kappa shape index (κ3) is 6.59. The molecule has 1 heterocycles. The number of carbonyl (C=O) groups excluding carboxylic acids is 1. The zero-order valence-corrected chi connectivity index (χ0v) is 16.2. The Bertz CT molecular complexity index is 559. The average molecular weight is 364 g/mol. The van der Waals surface area contributed by atoms with Gasteiger partial charge in [0.2, 0.25) is 5.91 Å². The van der Waals surface area contributed by atoms with E-state index in [4.69, 9.17) is 15.2 Å². The fourth-order valence-corrected chi connectivity index (χ4v) is 2.97. The lowest BCUT2D eigenvalue weighted by Gasteiger charge is -2.31. The fraction of sp³-hybridized carbons (Fsp3) is 0.650. The molecule has 0 radical (unpaired) electrons. The first-order valence-electron chi connectivity index (χ1n) is 9.50. The van der Waals surface area contributed by atoms with Crippen molar-refractivity contribution in [3.05, 3.63) is 29.8 Å². The van der Waals surface area contributed by atoms with Crippen molar-refractivity contribution in [2.75, 3.05) is 33.4 Å². The monoisotopic (exact) mass is 363 g/mol. The molecule has 1 aromatic rings. The predicted molar refractivity (Wildman–Crippen MR) is 103 cm³/mol. The first kappa shape index (κ1) is 20.7. The van der Waals surface area contributed by atoms with Crippen molar-refractivity contribution in [3.63, 3.8) is 0 Å². The van der Waals surface area contributed by atoms with Gasteiger partial charge in [-0.25, -0.2) is 0 Å². The van der Waals surface area contributed by atoms with Gasteiger partial charge in [0.05, 0.1) is 6.04 Å². The van der Waals surface area contributed by atoms with Crippen molar-refractivity contribution < 1.29 is 14.3 Å². The lowest BCUT2D eigenvalue weighted by Crippen LogP contribution is -2.43. The number of hydrogen-bond donors (Lipinski definition) is 2. The van der Waals surface area contributed by atoms with Crippen LogP contribution in [0.5, 0.6) is 5.75 Å².